The number of benzene rings is 1. The lowest BCUT2D eigenvalue weighted by molar-refractivity contribution is -0.118. The third-order valence-corrected chi connectivity index (χ3v) is 4.65. The number of hydrogen-bond donors (Lipinski definition) is 2. The Morgan fingerprint density at radius 3 is 2.93 bits per heavy atom. The van der Waals surface area contributed by atoms with E-state index in [-0.39, 0.29) is 29.7 Å². The van der Waals surface area contributed by atoms with Crippen LogP contribution in [0, 0.1) is 17.1 Å². The van der Waals surface area contributed by atoms with Crippen molar-refractivity contribution in [1.29, 1.82) is 5.26 Å². The molecule has 4 rings (SSSR count). The van der Waals surface area contributed by atoms with Gasteiger partial charge < -0.3 is 20.5 Å². The van der Waals surface area contributed by atoms with Crippen LogP contribution in [0.2, 0.25) is 0 Å². The van der Waals surface area contributed by atoms with E-state index < -0.39 is 17.8 Å². The summed E-state index contributed by atoms with van der Waals surface area (Å²) in [6.45, 7) is 1.35. The highest BCUT2D eigenvalue weighted by Gasteiger charge is 2.24. The molecule has 1 aliphatic rings. The Bertz CT molecular complexity index is 1200. The van der Waals surface area contributed by atoms with Crippen LogP contribution in [-0.2, 0) is 11.8 Å². The van der Waals surface area contributed by atoms with Crippen LogP contribution in [-0.4, -0.2) is 27.3 Å². The standard InChI is InChI=1S/C20H17FN6O3/c1-10-13-6-12(21)3-4-15(13)29-9-17(28)25-20-18(14(7-22)27(2)26-20)11-5-16(30-10)19(23)24-8-11/h3-6,8,10H,9H2,1-2H3,(H2,23,24)(H,25,26,28)/t10-/m1/s1. The summed E-state index contributed by atoms with van der Waals surface area (Å²) in [6, 6.07) is 7.60. The number of rotatable bonds is 0. The van der Waals surface area contributed by atoms with E-state index in [1.54, 1.807) is 20.0 Å². The molecule has 0 saturated carbocycles. The molecule has 1 aliphatic heterocycles. The third kappa shape index (κ3) is 3.37. The topological polar surface area (TPSA) is 128 Å². The lowest BCUT2D eigenvalue weighted by atomic mass is 10.1. The number of anilines is 2. The van der Waals surface area contributed by atoms with Crippen molar-refractivity contribution >= 4 is 17.5 Å². The van der Waals surface area contributed by atoms with Crippen LogP contribution in [0.5, 0.6) is 11.5 Å². The lowest BCUT2D eigenvalue weighted by Crippen LogP contribution is -2.21. The first-order valence-corrected chi connectivity index (χ1v) is 8.99. The average Bonchev–Trinajstić information content (AvgIpc) is 3.02. The molecule has 9 nitrogen and oxygen atoms in total. The predicted molar refractivity (Wildman–Crippen MR) is 105 cm³/mol. The first-order chi connectivity index (χ1) is 14.4. The minimum Gasteiger partial charge on any atom is -0.483 e. The van der Waals surface area contributed by atoms with Crippen molar-refractivity contribution in [3.63, 3.8) is 0 Å². The van der Waals surface area contributed by atoms with Crippen LogP contribution in [0.15, 0.2) is 30.5 Å². The van der Waals surface area contributed by atoms with E-state index in [1.807, 2.05) is 0 Å². The van der Waals surface area contributed by atoms with Gasteiger partial charge in [-0.2, -0.15) is 10.4 Å². The van der Waals surface area contributed by atoms with E-state index in [9.17, 15) is 14.4 Å². The zero-order valence-electron chi connectivity index (χ0n) is 16.1. The molecule has 10 heteroatoms. The SMILES string of the molecule is C[C@H]1Oc2cc(cnc2N)-c2c(nn(C)c2C#N)NC(=O)COc2ccc(F)cc21. The van der Waals surface area contributed by atoms with Gasteiger partial charge in [0.1, 0.15) is 29.4 Å². The highest BCUT2D eigenvalue weighted by molar-refractivity contribution is 5.96. The first-order valence-electron chi connectivity index (χ1n) is 8.99. The number of amides is 1. The second-order valence-corrected chi connectivity index (χ2v) is 6.69. The number of nitrogens with one attached hydrogen (secondary N) is 1. The summed E-state index contributed by atoms with van der Waals surface area (Å²) in [5, 5.41) is 16.5. The Balaban J connectivity index is 1.90. The summed E-state index contributed by atoms with van der Waals surface area (Å²) in [5.41, 5.74) is 7.46. The normalized spacial score (nSPS) is 15.7. The molecular formula is C20H17FN6O3. The fourth-order valence-corrected chi connectivity index (χ4v) is 3.23. The zero-order chi connectivity index (χ0) is 21.4. The molecule has 3 aromatic rings. The molecule has 152 valence electrons. The Hall–Kier alpha value is -4.13. The van der Waals surface area contributed by atoms with Crippen molar-refractivity contribution < 1.29 is 18.7 Å². The zero-order valence-corrected chi connectivity index (χ0v) is 16.1. The van der Waals surface area contributed by atoms with E-state index in [2.05, 4.69) is 21.5 Å². The van der Waals surface area contributed by atoms with Crippen LogP contribution < -0.4 is 20.5 Å². The molecule has 1 aromatic carbocycles. The van der Waals surface area contributed by atoms with E-state index >= 15 is 0 Å². The van der Waals surface area contributed by atoms with Gasteiger partial charge in [0.15, 0.2) is 24.0 Å². The molecule has 0 spiro atoms. The van der Waals surface area contributed by atoms with Crippen LogP contribution in [0.3, 0.4) is 0 Å². The Kier molecular flexibility index (Phi) is 4.71. The number of aromatic nitrogens is 3. The quantitative estimate of drug-likeness (QED) is 0.585. The average molecular weight is 408 g/mol. The molecule has 3 heterocycles. The number of pyridine rings is 1. The number of nitrogen functional groups attached to an aromatic ring is 1. The number of fused-ring (bicyclic) bond motifs is 5. The van der Waals surface area contributed by atoms with Crippen LogP contribution in [0.4, 0.5) is 16.0 Å². The minimum absolute atomic E-state index is 0.118. The summed E-state index contributed by atoms with van der Waals surface area (Å²) in [6.07, 6.45) is 0.798. The molecule has 1 amide bonds. The second-order valence-electron chi connectivity index (χ2n) is 6.69. The molecule has 0 radical (unpaired) electrons. The maximum atomic E-state index is 13.9. The van der Waals surface area contributed by atoms with E-state index in [4.69, 9.17) is 15.2 Å². The van der Waals surface area contributed by atoms with Gasteiger partial charge in [-0.25, -0.2) is 9.37 Å². The predicted octanol–water partition coefficient (Wildman–Crippen LogP) is 2.55. The largest absolute Gasteiger partial charge is 0.483 e. The number of nitrogens with two attached hydrogens (primary N) is 1. The number of ether oxygens (including phenoxy) is 2. The maximum absolute atomic E-state index is 13.9. The molecule has 3 N–H and O–H groups in total. The van der Waals surface area contributed by atoms with Crippen molar-refractivity contribution in [3.05, 3.63) is 47.5 Å². The Labute approximate surface area is 170 Å². The van der Waals surface area contributed by atoms with Crippen molar-refractivity contribution in [2.24, 2.45) is 7.05 Å². The van der Waals surface area contributed by atoms with Gasteiger partial charge >= 0.3 is 0 Å². The van der Waals surface area contributed by atoms with Gasteiger partial charge in [-0.05, 0) is 31.2 Å². The van der Waals surface area contributed by atoms with E-state index in [0.29, 0.717) is 22.4 Å². The van der Waals surface area contributed by atoms with Crippen molar-refractivity contribution in [2.45, 2.75) is 13.0 Å². The minimum atomic E-state index is -0.664. The van der Waals surface area contributed by atoms with Crippen LogP contribution in [0.1, 0.15) is 24.3 Å². The van der Waals surface area contributed by atoms with Gasteiger partial charge in [-0.3, -0.25) is 9.48 Å². The first kappa shape index (κ1) is 19.2. The number of halogens is 1. The maximum Gasteiger partial charge on any atom is 0.263 e. The number of hydrogen-bond acceptors (Lipinski definition) is 7. The monoisotopic (exact) mass is 408 g/mol. The highest BCUT2D eigenvalue weighted by atomic mass is 19.1. The molecule has 1 atom stereocenters. The van der Waals surface area contributed by atoms with Gasteiger partial charge in [0.2, 0.25) is 0 Å². The summed E-state index contributed by atoms with van der Waals surface area (Å²) in [4.78, 5) is 16.6. The van der Waals surface area contributed by atoms with E-state index in [0.717, 1.165) is 0 Å². The smallest absolute Gasteiger partial charge is 0.263 e. The second kappa shape index (κ2) is 7.36. The molecule has 0 aliphatic carbocycles. The highest BCUT2D eigenvalue weighted by Crippen LogP contribution is 2.37. The molecule has 0 unspecified atom stereocenters. The van der Waals surface area contributed by atoms with E-state index in [1.165, 1.54) is 29.1 Å². The molecular weight excluding hydrogens is 391 g/mol. The molecule has 0 fully saturated rings. The summed E-state index contributed by atoms with van der Waals surface area (Å²) < 4.78 is 26.8. The van der Waals surface area contributed by atoms with Crippen molar-refractivity contribution in [1.82, 2.24) is 14.8 Å². The fraction of sp³-hybridized carbons (Fsp3) is 0.200. The number of nitrogens with zero attached hydrogens (tertiary/aromatic N) is 4. The van der Waals surface area contributed by atoms with Gasteiger partial charge in [0, 0.05) is 24.4 Å². The molecule has 30 heavy (non-hydrogen) atoms. The molecule has 0 saturated heterocycles. The van der Waals surface area contributed by atoms with Gasteiger partial charge in [-0.1, -0.05) is 0 Å². The molecule has 2 bridgehead atoms. The molecule has 2 aromatic heterocycles. The van der Waals surface area contributed by atoms with Gasteiger partial charge in [0.05, 0.1) is 5.56 Å². The van der Waals surface area contributed by atoms with Crippen LogP contribution >= 0.6 is 0 Å². The third-order valence-electron chi connectivity index (χ3n) is 4.65. The number of carbonyl (C=O) groups is 1. The Morgan fingerprint density at radius 2 is 2.17 bits per heavy atom. The van der Waals surface area contributed by atoms with Gasteiger partial charge in [-0.15, -0.1) is 0 Å². The summed E-state index contributed by atoms with van der Waals surface area (Å²) in [5.74, 6) is -0.152. The Morgan fingerprint density at radius 1 is 1.37 bits per heavy atom. The fourth-order valence-electron chi connectivity index (χ4n) is 3.23. The summed E-state index contributed by atoms with van der Waals surface area (Å²) >= 11 is 0. The number of nitriles is 1. The van der Waals surface area contributed by atoms with Crippen molar-refractivity contribution in [2.75, 3.05) is 17.7 Å². The van der Waals surface area contributed by atoms with Gasteiger partial charge in [0.25, 0.3) is 5.91 Å². The lowest BCUT2D eigenvalue weighted by Gasteiger charge is -2.19. The van der Waals surface area contributed by atoms with Crippen LogP contribution in [0.25, 0.3) is 11.1 Å². The summed E-state index contributed by atoms with van der Waals surface area (Å²) in [7, 11) is 1.59. The number of aryl methyl sites for hydroxylation is 1. The number of carbonyl (C=O) groups excluding carboxylic acids is 1. The van der Waals surface area contributed by atoms with Crippen molar-refractivity contribution in [3.8, 4) is 28.7 Å².